The number of nitrogens with zero attached hydrogens (tertiary/aromatic N) is 1. The van der Waals surface area contributed by atoms with Crippen LogP contribution in [0.5, 0.6) is 0 Å². The van der Waals surface area contributed by atoms with E-state index in [0.717, 1.165) is 16.2 Å². The van der Waals surface area contributed by atoms with Crippen molar-refractivity contribution in [1.29, 1.82) is 0 Å². The van der Waals surface area contributed by atoms with Gasteiger partial charge in [0.2, 0.25) is 0 Å². The monoisotopic (exact) mass is 275 g/mol. The van der Waals surface area contributed by atoms with Crippen LogP contribution >= 0.6 is 27.3 Å². The van der Waals surface area contributed by atoms with Crippen LogP contribution in [0.2, 0.25) is 0 Å². The summed E-state index contributed by atoms with van der Waals surface area (Å²) < 4.78 is 0.898. The van der Waals surface area contributed by atoms with Crippen LogP contribution in [0.4, 0.5) is 5.13 Å². The van der Waals surface area contributed by atoms with Crippen molar-refractivity contribution in [2.75, 3.05) is 5.32 Å². The maximum atomic E-state index is 6.04. The number of thiazole rings is 1. The maximum absolute atomic E-state index is 6.04. The van der Waals surface area contributed by atoms with Gasteiger partial charge in [-0.05, 0) is 28.8 Å². The molecule has 2 atom stereocenters. The second-order valence-corrected chi connectivity index (χ2v) is 5.35. The summed E-state index contributed by atoms with van der Waals surface area (Å²) in [6, 6.07) is 0.688. The minimum Gasteiger partial charge on any atom is -0.357 e. The first-order valence-corrected chi connectivity index (χ1v) is 6.56. The number of hydrogen-bond donors (Lipinski definition) is 2. The SMILES string of the molecule is N[C@@H]1CCCC[C@H]1Nc1nc(Br)cs1. The molecule has 1 heterocycles. The first kappa shape index (κ1) is 10.4. The number of hydrogen-bond acceptors (Lipinski definition) is 4. The molecule has 14 heavy (non-hydrogen) atoms. The van der Waals surface area contributed by atoms with Crippen LogP contribution in [-0.2, 0) is 0 Å². The molecule has 0 amide bonds. The molecule has 0 bridgehead atoms. The Kier molecular flexibility index (Phi) is 3.41. The Balaban J connectivity index is 1.95. The van der Waals surface area contributed by atoms with E-state index in [2.05, 4.69) is 26.2 Å². The molecule has 1 aliphatic carbocycles. The standard InChI is InChI=1S/C9H14BrN3S/c10-8-5-14-9(13-8)12-7-4-2-1-3-6(7)11/h5-7H,1-4,11H2,(H,12,13)/t6-,7-/m1/s1. The second-order valence-electron chi connectivity index (χ2n) is 3.67. The van der Waals surface area contributed by atoms with Crippen LogP contribution in [0, 0.1) is 0 Å². The van der Waals surface area contributed by atoms with Gasteiger partial charge in [0.05, 0.1) is 0 Å². The van der Waals surface area contributed by atoms with Gasteiger partial charge in [0.15, 0.2) is 5.13 Å². The van der Waals surface area contributed by atoms with Gasteiger partial charge in [-0.25, -0.2) is 4.98 Å². The zero-order chi connectivity index (χ0) is 9.97. The molecule has 0 radical (unpaired) electrons. The number of anilines is 1. The summed E-state index contributed by atoms with van der Waals surface area (Å²) in [4.78, 5) is 4.31. The molecule has 0 aliphatic heterocycles. The molecule has 1 saturated carbocycles. The van der Waals surface area contributed by atoms with Crippen molar-refractivity contribution in [2.24, 2.45) is 5.73 Å². The summed E-state index contributed by atoms with van der Waals surface area (Å²) in [5.74, 6) is 0. The molecule has 78 valence electrons. The van der Waals surface area contributed by atoms with E-state index < -0.39 is 0 Å². The maximum Gasteiger partial charge on any atom is 0.184 e. The molecule has 0 aromatic carbocycles. The molecule has 3 N–H and O–H groups in total. The topological polar surface area (TPSA) is 50.9 Å². The second kappa shape index (κ2) is 4.59. The Labute approximate surface area is 96.2 Å². The minimum atomic E-state index is 0.284. The lowest BCUT2D eigenvalue weighted by Gasteiger charge is -2.28. The summed E-state index contributed by atoms with van der Waals surface area (Å²) in [5, 5.41) is 6.36. The van der Waals surface area contributed by atoms with Crippen molar-refractivity contribution in [3.8, 4) is 0 Å². The fourth-order valence-corrected chi connectivity index (χ4v) is 3.02. The summed E-state index contributed by atoms with van der Waals surface area (Å²) in [7, 11) is 0. The Morgan fingerprint density at radius 2 is 2.29 bits per heavy atom. The van der Waals surface area contributed by atoms with Gasteiger partial charge in [0.25, 0.3) is 0 Å². The van der Waals surface area contributed by atoms with Crippen LogP contribution in [-0.4, -0.2) is 17.1 Å². The summed E-state index contributed by atoms with van der Waals surface area (Å²) in [6.45, 7) is 0. The van der Waals surface area contributed by atoms with Crippen LogP contribution in [0.15, 0.2) is 9.98 Å². The van der Waals surface area contributed by atoms with E-state index >= 15 is 0 Å². The van der Waals surface area contributed by atoms with Crippen LogP contribution < -0.4 is 11.1 Å². The van der Waals surface area contributed by atoms with Gasteiger partial charge in [-0.3, -0.25) is 0 Å². The predicted octanol–water partition coefficient (Wildman–Crippen LogP) is 2.59. The molecule has 2 rings (SSSR count). The molecular weight excluding hydrogens is 262 g/mol. The van der Waals surface area contributed by atoms with Crippen molar-refractivity contribution in [2.45, 2.75) is 37.8 Å². The van der Waals surface area contributed by atoms with Gasteiger partial charge in [0.1, 0.15) is 4.60 Å². The number of nitrogens with two attached hydrogens (primary N) is 1. The molecular formula is C9H14BrN3S. The van der Waals surface area contributed by atoms with Crippen LogP contribution in [0.25, 0.3) is 0 Å². The highest BCUT2D eigenvalue weighted by Crippen LogP contribution is 2.24. The molecule has 1 aliphatic rings. The van der Waals surface area contributed by atoms with Gasteiger partial charge in [-0.1, -0.05) is 12.8 Å². The molecule has 1 fully saturated rings. The average Bonchev–Trinajstić information content (AvgIpc) is 2.56. The molecule has 5 heteroatoms. The summed E-state index contributed by atoms with van der Waals surface area (Å²) in [6.07, 6.45) is 4.83. The largest absolute Gasteiger partial charge is 0.357 e. The van der Waals surface area contributed by atoms with E-state index in [9.17, 15) is 0 Å². The predicted molar refractivity (Wildman–Crippen MR) is 63.7 cm³/mol. The van der Waals surface area contributed by atoms with E-state index in [1.165, 1.54) is 19.3 Å². The van der Waals surface area contributed by atoms with Gasteiger partial charge in [-0.15, -0.1) is 11.3 Å². The number of aromatic nitrogens is 1. The molecule has 0 spiro atoms. The lowest BCUT2D eigenvalue weighted by molar-refractivity contribution is 0.404. The lowest BCUT2D eigenvalue weighted by atomic mass is 9.91. The van der Waals surface area contributed by atoms with Crippen LogP contribution in [0.1, 0.15) is 25.7 Å². The third kappa shape index (κ3) is 2.46. The van der Waals surface area contributed by atoms with Gasteiger partial charge in [-0.2, -0.15) is 0 Å². The number of halogens is 1. The molecule has 3 nitrogen and oxygen atoms in total. The smallest absolute Gasteiger partial charge is 0.184 e. The van der Waals surface area contributed by atoms with E-state index in [0.29, 0.717) is 6.04 Å². The lowest BCUT2D eigenvalue weighted by Crippen LogP contribution is -2.42. The molecule has 1 aromatic rings. The Morgan fingerprint density at radius 3 is 2.93 bits per heavy atom. The fraction of sp³-hybridized carbons (Fsp3) is 0.667. The first-order valence-electron chi connectivity index (χ1n) is 4.89. The van der Waals surface area contributed by atoms with Gasteiger partial charge in [0, 0.05) is 17.5 Å². The number of nitrogens with one attached hydrogen (secondary N) is 1. The molecule has 0 saturated heterocycles. The van der Waals surface area contributed by atoms with E-state index in [1.54, 1.807) is 11.3 Å². The Hall–Kier alpha value is -0.130. The van der Waals surface area contributed by atoms with E-state index in [-0.39, 0.29) is 6.04 Å². The normalized spacial score (nSPS) is 27.6. The van der Waals surface area contributed by atoms with Gasteiger partial charge < -0.3 is 11.1 Å². The average molecular weight is 276 g/mol. The van der Waals surface area contributed by atoms with E-state index in [4.69, 9.17) is 5.73 Å². The third-order valence-electron chi connectivity index (χ3n) is 2.60. The Bertz CT molecular complexity index is 302. The van der Waals surface area contributed by atoms with Crippen molar-refractivity contribution in [3.05, 3.63) is 9.98 Å². The quantitative estimate of drug-likeness (QED) is 0.873. The number of rotatable bonds is 2. The third-order valence-corrected chi connectivity index (χ3v) is 4.09. The van der Waals surface area contributed by atoms with Gasteiger partial charge >= 0.3 is 0 Å². The van der Waals surface area contributed by atoms with Crippen molar-refractivity contribution in [1.82, 2.24) is 4.98 Å². The van der Waals surface area contributed by atoms with Crippen molar-refractivity contribution < 1.29 is 0 Å². The highest BCUT2D eigenvalue weighted by molar-refractivity contribution is 9.10. The van der Waals surface area contributed by atoms with E-state index in [1.807, 2.05) is 5.38 Å². The zero-order valence-electron chi connectivity index (χ0n) is 7.87. The molecule has 0 unspecified atom stereocenters. The highest BCUT2D eigenvalue weighted by atomic mass is 79.9. The summed E-state index contributed by atoms with van der Waals surface area (Å²) in [5.41, 5.74) is 6.04. The van der Waals surface area contributed by atoms with Crippen molar-refractivity contribution >= 4 is 32.4 Å². The highest BCUT2D eigenvalue weighted by Gasteiger charge is 2.22. The first-order chi connectivity index (χ1) is 6.75. The van der Waals surface area contributed by atoms with Crippen LogP contribution in [0.3, 0.4) is 0 Å². The van der Waals surface area contributed by atoms with Crippen molar-refractivity contribution in [3.63, 3.8) is 0 Å². The molecule has 1 aromatic heterocycles. The zero-order valence-corrected chi connectivity index (χ0v) is 10.3. The fourth-order valence-electron chi connectivity index (χ4n) is 1.82. The summed E-state index contributed by atoms with van der Waals surface area (Å²) >= 11 is 4.96. The Morgan fingerprint density at radius 1 is 1.50 bits per heavy atom. The minimum absolute atomic E-state index is 0.284.